The maximum atomic E-state index is 12.7. The largest absolute Gasteiger partial charge is 0.478 e. The van der Waals surface area contributed by atoms with E-state index < -0.39 is 17.5 Å². The topological polar surface area (TPSA) is 144 Å². The zero-order chi connectivity index (χ0) is 20.4. The lowest BCUT2D eigenvalue weighted by Crippen LogP contribution is -2.24. The van der Waals surface area contributed by atoms with Crippen LogP contribution in [0.3, 0.4) is 0 Å². The van der Waals surface area contributed by atoms with Gasteiger partial charge in [0.2, 0.25) is 11.8 Å². The Morgan fingerprint density at radius 1 is 1.04 bits per heavy atom. The minimum absolute atomic E-state index is 0.00803. The van der Waals surface area contributed by atoms with Gasteiger partial charge < -0.3 is 14.9 Å². The zero-order valence-electron chi connectivity index (χ0n) is 14.2. The smallest absolute Gasteiger partial charge is 0.337 e. The summed E-state index contributed by atoms with van der Waals surface area (Å²) in [4.78, 5) is 46.5. The van der Waals surface area contributed by atoms with Crippen LogP contribution >= 0.6 is 15.9 Å². The molecule has 0 spiro atoms. The Labute approximate surface area is 165 Å². The molecule has 0 unspecified atom stereocenters. The molecular formula is C17H11BrN4O6. The highest BCUT2D eigenvalue weighted by atomic mass is 79.9. The predicted octanol–water partition coefficient (Wildman–Crippen LogP) is 2.28. The van der Waals surface area contributed by atoms with Gasteiger partial charge in [0.15, 0.2) is 0 Å². The van der Waals surface area contributed by atoms with Crippen molar-refractivity contribution in [3.05, 3.63) is 68.4 Å². The molecule has 11 heteroatoms. The van der Waals surface area contributed by atoms with Crippen molar-refractivity contribution in [2.24, 2.45) is 0 Å². The summed E-state index contributed by atoms with van der Waals surface area (Å²) in [6, 6.07) is 5.35. The Morgan fingerprint density at radius 2 is 1.64 bits per heavy atom. The summed E-state index contributed by atoms with van der Waals surface area (Å²) in [6.45, 7) is 1.55. The second-order valence-corrected chi connectivity index (χ2v) is 6.21. The molecule has 0 aliphatic carbocycles. The van der Waals surface area contributed by atoms with Gasteiger partial charge in [0.05, 0.1) is 11.1 Å². The van der Waals surface area contributed by atoms with E-state index in [9.17, 15) is 14.4 Å². The molecule has 10 nitrogen and oxygen atoms in total. The number of halogens is 1. The number of rotatable bonds is 5. The van der Waals surface area contributed by atoms with Crippen LogP contribution in [0.4, 0.5) is 0 Å². The number of carboxylic acids is 2. The van der Waals surface area contributed by atoms with E-state index in [-0.39, 0.29) is 39.0 Å². The fourth-order valence-corrected chi connectivity index (χ4v) is 2.58. The fraction of sp³-hybridized carbons (Fsp3) is 0.0588. The highest BCUT2D eigenvalue weighted by molar-refractivity contribution is 9.10. The number of aromatic carboxylic acids is 2. The van der Waals surface area contributed by atoms with Crippen LogP contribution in [-0.4, -0.2) is 41.7 Å². The number of nitrogens with zero attached hydrogens (tertiary/aromatic N) is 4. The molecule has 3 aromatic heterocycles. The van der Waals surface area contributed by atoms with Crippen LogP contribution < -0.4 is 10.3 Å². The first-order chi connectivity index (χ1) is 13.3. The summed E-state index contributed by atoms with van der Waals surface area (Å²) in [5.41, 5.74) is -0.556. The molecule has 0 fully saturated rings. The maximum Gasteiger partial charge on any atom is 0.337 e. The van der Waals surface area contributed by atoms with E-state index in [2.05, 4.69) is 30.9 Å². The summed E-state index contributed by atoms with van der Waals surface area (Å²) >= 11 is 3.13. The van der Waals surface area contributed by atoms with E-state index in [1.807, 2.05) is 0 Å². The molecule has 3 rings (SSSR count). The Hall–Kier alpha value is -3.60. The Morgan fingerprint density at radius 3 is 2.14 bits per heavy atom. The van der Waals surface area contributed by atoms with E-state index in [1.165, 1.54) is 28.8 Å². The first-order valence-electron chi connectivity index (χ1n) is 7.64. The molecule has 2 N–H and O–H groups in total. The van der Waals surface area contributed by atoms with E-state index in [0.717, 1.165) is 12.4 Å². The molecule has 28 heavy (non-hydrogen) atoms. The van der Waals surface area contributed by atoms with Gasteiger partial charge in [0.1, 0.15) is 16.1 Å². The molecule has 0 bridgehead atoms. The van der Waals surface area contributed by atoms with Crippen molar-refractivity contribution in [3.63, 3.8) is 0 Å². The Bertz CT molecular complexity index is 1130. The SMILES string of the molecule is Cc1nc(Oc2ccc(C(=O)O)cn2)c(Br)c(=O)n1-c1ccc(C(=O)O)cn1. The second-order valence-electron chi connectivity index (χ2n) is 5.42. The maximum absolute atomic E-state index is 12.7. The molecule has 3 aromatic rings. The molecule has 0 aromatic carbocycles. The normalized spacial score (nSPS) is 10.5. The standard InChI is InChI=1S/C17H11BrN4O6/c1-8-21-14(28-12-5-3-10(7-20-12)17(26)27)13(18)15(23)22(8)11-4-2-9(6-19-11)16(24)25/h2-7H,1H3,(H,24,25)(H,26,27). The summed E-state index contributed by atoms with van der Waals surface area (Å²) in [6.07, 6.45) is 2.25. The summed E-state index contributed by atoms with van der Waals surface area (Å²) in [5, 5.41) is 17.8. The average Bonchev–Trinajstić information content (AvgIpc) is 2.67. The molecule has 0 saturated carbocycles. The van der Waals surface area contributed by atoms with Crippen molar-refractivity contribution in [3.8, 4) is 17.6 Å². The van der Waals surface area contributed by atoms with Crippen molar-refractivity contribution in [1.82, 2.24) is 19.5 Å². The second kappa shape index (κ2) is 7.56. The number of carbonyl (C=O) groups is 2. The third kappa shape index (κ3) is 3.74. The van der Waals surface area contributed by atoms with Crippen LogP contribution in [0, 0.1) is 6.92 Å². The lowest BCUT2D eigenvalue weighted by atomic mass is 10.3. The van der Waals surface area contributed by atoms with E-state index in [0.29, 0.717) is 0 Å². The molecule has 0 aliphatic heterocycles. The van der Waals surface area contributed by atoms with Crippen LogP contribution in [0.15, 0.2) is 45.9 Å². The van der Waals surface area contributed by atoms with Gasteiger partial charge in [-0.2, -0.15) is 4.98 Å². The van der Waals surface area contributed by atoms with Gasteiger partial charge in [-0.1, -0.05) is 0 Å². The third-order valence-electron chi connectivity index (χ3n) is 3.57. The number of ether oxygens (including phenoxy) is 1. The molecule has 142 valence electrons. The van der Waals surface area contributed by atoms with Gasteiger partial charge in [0.25, 0.3) is 5.56 Å². The van der Waals surface area contributed by atoms with Crippen LogP contribution in [0.1, 0.15) is 26.5 Å². The molecule has 0 amide bonds. The van der Waals surface area contributed by atoms with Crippen molar-refractivity contribution < 1.29 is 24.5 Å². The molecular weight excluding hydrogens is 436 g/mol. The lowest BCUT2D eigenvalue weighted by molar-refractivity contribution is 0.0685. The molecule has 0 radical (unpaired) electrons. The average molecular weight is 447 g/mol. The van der Waals surface area contributed by atoms with Crippen molar-refractivity contribution in [1.29, 1.82) is 0 Å². The monoisotopic (exact) mass is 446 g/mol. The molecule has 0 atom stereocenters. The van der Waals surface area contributed by atoms with Crippen LogP contribution in [0.25, 0.3) is 5.82 Å². The van der Waals surface area contributed by atoms with Gasteiger partial charge in [-0.25, -0.2) is 24.1 Å². The Kier molecular flexibility index (Phi) is 5.18. The minimum atomic E-state index is -1.13. The van der Waals surface area contributed by atoms with Crippen molar-refractivity contribution >= 4 is 27.9 Å². The first-order valence-corrected chi connectivity index (χ1v) is 8.43. The van der Waals surface area contributed by atoms with Crippen LogP contribution in [0.2, 0.25) is 0 Å². The summed E-state index contributed by atoms with van der Waals surface area (Å²) in [7, 11) is 0. The van der Waals surface area contributed by atoms with Gasteiger partial charge in [-0.15, -0.1) is 0 Å². The van der Waals surface area contributed by atoms with Gasteiger partial charge in [-0.3, -0.25) is 4.79 Å². The number of carboxylic acid groups (broad SMARTS) is 2. The van der Waals surface area contributed by atoms with E-state index >= 15 is 0 Å². The van der Waals surface area contributed by atoms with Crippen LogP contribution in [0.5, 0.6) is 11.8 Å². The van der Waals surface area contributed by atoms with Gasteiger partial charge in [0, 0.05) is 18.5 Å². The Balaban J connectivity index is 1.97. The van der Waals surface area contributed by atoms with Crippen molar-refractivity contribution in [2.45, 2.75) is 6.92 Å². The predicted molar refractivity (Wildman–Crippen MR) is 98.3 cm³/mol. The number of aromatic nitrogens is 4. The number of hydrogen-bond acceptors (Lipinski definition) is 7. The zero-order valence-corrected chi connectivity index (χ0v) is 15.7. The number of hydrogen-bond donors (Lipinski definition) is 2. The number of aryl methyl sites for hydroxylation is 1. The highest BCUT2D eigenvalue weighted by Gasteiger charge is 2.17. The van der Waals surface area contributed by atoms with Gasteiger partial charge >= 0.3 is 11.9 Å². The highest BCUT2D eigenvalue weighted by Crippen LogP contribution is 2.25. The quantitative estimate of drug-likeness (QED) is 0.602. The van der Waals surface area contributed by atoms with E-state index in [4.69, 9.17) is 14.9 Å². The van der Waals surface area contributed by atoms with E-state index in [1.54, 1.807) is 6.92 Å². The van der Waals surface area contributed by atoms with Crippen molar-refractivity contribution in [2.75, 3.05) is 0 Å². The molecule has 0 aliphatic rings. The summed E-state index contributed by atoms with van der Waals surface area (Å²) in [5.74, 6) is -1.84. The molecule has 3 heterocycles. The molecule has 0 saturated heterocycles. The van der Waals surface area contributed by atoms with Crippen LogP contribution in [-0.2, 0) is 0 Å². The minimum Gasteiger partial charge on any atom is -0.478 e. The fourth-order valence-electron chi connectivity index (χ4n) is 2.23. The number of pyridine rings is 2. The first kappa shape index (κ1) is 19.2. The lowest BCUT2D eigenvalue weighted by Gasteiger charge is -2.12. The third-order valence-corrected chi connectivity index (χ3v) is 4.25. The van der Waals surface area contributed by atoms with Gasteiger partial charge in [-0.05, 0) is 41.1 Å². The summed E-state index contributed by atoms with van der Waals surface area (Å²) < 4.78 is 6.65.